The molecule has 0 saturated carbocycles. The molecule has 2 heteroatoms. The Morgan fingerprint density at radius 1 is 1.83 bits per heavy atom. The summed E-state index contributed by atoms with van der Waals surface area (Å²) in [6, 6.07) is -0.0231. The number of hydrogen-bond donors (Lipinski definition) is 2. The van der Waals surface area contributed by atoms with Gasteiger partial charge in [-0.05, 0) is 0 Å². The fourth-order valence-electron chi connectivity index (χ4n) is 0.0962. The van der Waals surface area contributed by atoms with Gasteiger partial charge >= 0.3 is 0 Å². The van der Waals surface area contributed by atoms with Crippen LogP contribution in [0.1, 0.15) is 0 Å². The number of rotatable bonds is 2. The molecule has 0 amide bonds. The van der Waals surface area contributed by atoms with E-state index in [9.17, 15) is 0 Å². The van der Waals surface area contributed by atoms with Gasteiger partial charge in [-0.2, -0.15) is 0 Å². The smallest absolute Gasteiger partial charge is 0.0346 e. The minimum atomic E-state index is -0.0231. The molecule has 0 aromatic carbocycles. The minimum Gasteiger partial charge on any atom is -0.329 e. The maximum Gasteiger partial charge on any atom is 0.0346 e. The molecule has 0 saturated heterocycles. The van der Waals surface area contributed by atoms with E-state index in [0.717, 1.165) is 0 Å². The summed E-state index contributed by atoms with van der Waals surface area (Å²) >= 11 is 0. The average molecular weight is 86.1 g/mol. The Kier molecular flexibility index (Phi) is 2.71. The van der Waals surface area contributed by atoms with Crippen LogP contribution in [0.3, 0.4) is 0 Å². The third kappa shape index (κ3) is 1.93. The summed E-state index contributed by atoms with van der Waals surface area (Å²) in [5, 5.41) is 0. The second kappa shape index (κ2) is 2.87. The molecule has 1 atom stereocenters. The molecule has 0 aliphatic rings. The normalized spacial score (nSPS) is 13.7. The second-order valence-corrected chi connectivity index (χ2v) is 1.14. The maximum atomic E-state index is 5.23. The van der Waals surface area contributed by atoms with Crippen LogP contribution in [0.4, 0.5) is 0 Å². The molecule has 0 aliphatic carbocycles. The molecule has 0 fully saturated rings. The van der Waals surface area contributed by atoms with Gasteiger partial charge in [-0.15, -0.1) is 6.58 Å². The van der Waals surface area contributed by atoms with Gasteiger partial charge in [0.25, 0.3) is 0 Å². The highest BCUT2D eigenvalue weighted by molar-refractivity contribution is 4.82. The molecule has 36 valence electrons. The summed E-state index contributed by atoms with van der Waals surface area (Å²) in [5.74, 6) is 0. The molecule has 4 N–H and O–H groups in total. The highest BCUT2D eigenvalue weighted by Crippen LogP contribution is 1.67. The van der Waals surface area contributed by atoms with Crippen molar-refractivity contribution in [2.45, 2.75) is 6.04 Å². The van der Waals surface area contributed by atoms with Crippen molar-refractivity contribution in [1.82, 2.24) is 0 Å². The third-order valence-corrected chi connectivity index (χ3v) is 0.575. The van der Waals surface area contributed by atoms with Crippen LogP contribution in [-0.2, 0) is 0 Å². The fraction of sp³-hybridized carbons (Fsp3) is 0.500. The van der Waals surface area contributed by atoms with Crippen LogP contribution in [0.5, 0.6) is 0 Å². The molecular weight excluding hydrogens is 76.1 g/mol. The van der Waals surface area contributed by atoms with Gasteiger partial charge in [0.05, 0.1) is 0 Å². The Morgan fingerprint density at radius 3 is 2.33 bits per heavy atom. The lowest BCUT2D eigenvalue weighted by molar-refractivity contribution is 0.825. The molecule has 0 heterocycles. The molecular formula is C4H10N2. The Hall–Kier alpha value is -0.340. The predicted octanol–water partition coefficient (Wildman–Crippen LogP) is -0.542. The summed E-state index contributed by atoms with van der Waals surface area (Å²) in [6.07, 6.45) is 1.62. The molecule has 0 radical (unpaired) electrons. The van der Waals surface area contributed by atoms with Gasteiger partial charge in [-0.25, -0.2) is 0 Å². The second-order valence-electron chi connectivity index (χ2n) is 1.14. The lowest BCUT2D eigenvalue weighted by Gasteiger charge is -1.95. The zero-order chi connectivity index (χ0) is 4.99. The van der Waals surface area contributed by atoms with Crippen LogP contribution in [0.2, 0.25) is 0 Å². The standard InChI is InChI=1S/C4H10N2/c1-2-4(6)3-5/h2,4H,1,3,5-6H2/t4-/m0/s1. The van der Waals surface area contributed by atoms with Crippen LogP contribution < -0.4 is 11.5 Å². The number of nitrogens with two attached hydrogens (primary N) is 2. The van der Waals surface area contributed by atoms with Crippen molar-refractivity contribution in [3.8, 4) is 0 Å². The summed E-state index contributed by atoms with van der Waals surface area (Å²) in [4.78, 5) is 0. The van der Waals surface area contributed by atoms with E-state index in [4.69, 9.17) is 11.5 Å². The van der Waals surface area contributed by atoms with Crippen molar-refractivity contribution >= 4 is 0 Å². The monoisotopic (exact) mass is 86.1 g/mol. The zero-order valence-corrected chi connectivity index (χ0v) is 3.72. The van der Waals surface area contributed by atoms with E-state index in [1.54, 1.807) is 6.08 Å². The summed E-state index contributed by atoms with van der Waals surface area (Å²) in [5.41, 5.74) is 10.3. The predicted molar refractivity (Wildman–Crippen MR) is 27.2 cm³/mol. The Balaban J connectivity index is 2.96. The molecule has 0 bridgehead atoms. The minimum absolute atomic E-state index is 0.0231. The lowest BCUT2D eigenvalue weighted by Crippen LogP contribution is -2.26. The van der Waals surface area contributed by atoms with E-state index in [1.807, 2.05) is 0 Å². The quantitative estimate of drug-likeness (QED) is 0.443. The van der Waals surface area contributed by atoms with Gasteiger partial charge in [0.15, 0.2) is 0 Å². The maximum absolute atomic E-state index is 5.23. The first kappa shape index (κ1) is 5.66. The van der Waals surface area contributed by atoms with Crippen molar-refractivity contribution in [1.29, 1.82) is 0 Å². The molecule has 0 aromatic rings. The van der Waals surface area contributed by atoms with E-state index < -0.39 is 0 Å². The van der Waals surface area contributed by atoms with Crippen molar-refractivity contribution in [3.05, 3.63) is 12.7 Å². The van der Waals surface area contributed by atoms with E-state index in [0.29, 0.717) is 6.54 Å². The fourth-order valence-corrected chi connectivity index (χ4v) is 0.0962. The van der Waals surface area contributed by atoms with E-state index in [2.05, 4.69) is 6.58 Å². The average Bonchev–Trinajstić information content (AvgIpc) is 1.65. The van der Waals surface area contributed by atoms with Crippen molar-refractivity contribution < 1.29 is 0 Å². The van der Waals surface area contributed by atoms with Crippen LogP contribution in [0.15, 0.2) is 12.7 Å². The molecule has 0 aliphatic heterocycles. The van der Waals surface area contributed by atoms with Crippen molar-refractivity contribution in [3.63, 3.8) is 0 Å². The molecule has 2 nitrogen and oxygen atoms in total. The van der Waals surface area contributed by atoms with Gasteiger partial charge in [-0.1, -0.05) is 6.08 Å². The van der Waals surface area contributed by atoms with Crippen LogP contribution >= 0.6 is 0 Å². The first-order valence-corrected chi connectivity index (χ1v) is 1.89. The third-order valence-electron chi connectivity index (χ3n) is 0.575. The van der Waals surface area contributed by atoms with Gasteiger partial charge in [-0.3, -0.25) is 0 Å². The molecule has 0 unspecified atom stereocenters. The highest BCUT2D eigenvalue weighted by atomic mass is 14.7. The molecule has 0 spiro atoms. The van der Waals surface area contributed by atoms with Gasteiger partial charge in [0.2, 0.25) is 0 Å². The van der Waals surface area contributed by atoms with E-state index >= 15 is 0 Å². The Bertz CT molecular complexity index is 42.8. The van der Waals surface area contributed by atoms with Crippen LogP contribution in [0, 0.1) is 0 Å². The first-order valence-electron chi connectivity index (χ1n) is 1.89. The van der Waals surface area contributed by atoms with Gasteiger partial charge in [0.1, 0.15) is 0 Å². The van der Waals surface area contributed by atoms with Crippen molar-refractivity contribution in [2.75, 3.05) is 6.54 Å². The topological polar surface area (TPSA) is 52.0 Å². The lowest BCUT2D eigenvalue weighted by atomic mass is 10.3. The van der Waals surface area contributed by atoms with Crippen LogP contribution in [-0.4, -0.2) is 12.6 Å². The Morgan fingerprint density at radius 2 is 2.33 bits per heavy atom. The SMILES string of the molecule is C=C[C@H](N)CN. The highest BCUT2D eigenvalue weighted by Gasteiger charge is 1.84. The van der Waals surface area contributed by atoms with Crippen LogP contribution in [0.25, 0.3) is 0 Å². The van der Waals surface area contributed by atoms with Crippen molar-refractivity contribution in [2.24, 2.45) is 11.5 Å². The number of hydrogen-bond acceptors (Lipinski definition) is 2. The summed E-state index contributed by atoms with van der Waals surface area (Å²) in [7, 11) is 0. The first-order chi connectivity index (χ1) is 2.81. The summed E-state index contributed by atoms with van der Waals surface area (Å²) in [6.45, 7) is 3.92. The molecule has 0 aromatic heterocycles. The molecule has 0 rings (SSSR count). The largest absolute Gasteiger partial charge is 0.329 e. The van der Waals surface area contributed by atoms with Gasteiger partial charge in [0, 0.05) is 12.6 Å². The Labute approximate surface area is 37.8 Å². The van der Waals surface area contributed by atoms with E-state index in [-0.39, 0.29) is 6.04 Å². The summed E-state index contributed by atoms with van der Waals surface area (Å²) < 4.78 is 0. The zero-order valence-electron chi connectivity index (χ0n) is 3.72. The molecule has 6 heavy (non-hydrogen) atoms. The van der Waals surface area contributed by atoms with Gasteiger partial charge < -0.3 is 11.5 Å². The van der Waals surface area contributed by atoms with E-state index in [1.165, 1.54) is 0 Å².